The maximum Gasteiger partial charge on any atom is 0.333 e. The first-order valence-corrected chi connectivity index (χ1v) is 9.91. The van der Waals surface area contributed by atoms with Gasteiger partial charge in [-0.05, 0) is 43.7 Å². The van der Waals surface area contributed by atoms with E-state index in [0.29, 0.717) is 35.6 Å². The van der Waals surface area contributed by atoms with Crippen molar-refractivity contribution >= 4 is 22.7 Å². The molecule has 0 spiro atoms. The number of nitrogens with zero attached hydrogens (tertiary/aromatic N) is 2. The fourth-order valence-corrected chi connectivity index (χ4v) is 2.60. The molecule has 1 aromatic heterocycles. The van der Waals surface area contributed by atoms with Crippen LogP contribution in [0.1, 0.15) is 38.3 Å². The summed E-state index contributed by atoms with van der Waals surface area (Å²) in [5, 5.41) is 12.6. The summed E-state index contributed by atoms with van der Waals surface area (Å²) in [6, 6.07) is 13.6. The molecule has 0 bridgehead atoms. The topological polar surface area (TPSA) is 92.1 Å². The first-order chi connectivity index (χ1) is 14.5. The number of ether oxygens (including phenoxy) is 2. The first-order valence-electron chi connectivity index (χ1n) is 9.91. The van der Waals surface area contributed by atoms with Crippen molar-refractivity contribution in [3.8, 4) is 11.8 Å². The molecule has 7 nitrogen and oxygen atoms in total. The number of aromatic amines is 1. The molecule has 0 radical (unpaired) electrons. The summed E-state index contributed by atoms with van der Waals surface area (Å²) in [4.78, 5) is 13.1. The Morgan fingerprint density at radius 2 is 2.00 bits per heavy atom. The predicted octanol–water partition coefficient (Wildman–Crippen LogP) is 4.94. The van der Waals surface area contributed by atoms with Crippen LogP contribution in [-0.2, 0) is 9.53 Å². The highest BCUT2D eigenvalue weighted by atomic mass is 16.5. The van der Waals surface area contributed by atoms with Crippen molar-refractivity contribution in [1.82, 2.24) is 9.89 Å². The third-order valence-electron chi connectivity index (χ3n) is 4.11. The molecule has 0 atom stereocenters. The lowest BCUT2D eigenvalue weighted by atomic mass is 10.2. The van der Waals surface area contributed by atoms with E-state index in [2.05, 4.69) is 29.2 Å². The van der Waals surface area contributed by atoms with Crippen molar-refractivity contribution in [3.63, 3.8) is 0 Å². The Morgan fingerprint density at radius 3 is 2.70 bits per heavy atom. The van der Waals surface area contributed by atoms with Gasteiger partial charge in [-0.15, -0.1) is 0 Å². The number of hydrogen-bond acceptors (Lipinski definition) is 5. The van der Waals surface area contributed by atoms with Gasteiger partial charge in [0.05, 0.1) is 30.0 Å². The van der Waals surface area contributed by atoms with Crippen LogP contribution in [0.4, 0.5) is 5.69 Å². The Morgan fingerprint density at radius 1 is 1.23 bits per heavy atom. The minimum absolute atomic E-state index is 0.260. The van der Waals surface area contributed by atoms with Gasteiger partial charge in [0.25, 0.3) is 0 Å². The standard InChI is InChI=1S/C21H22N4O3.C2H6/c1-14(2)21(26)28-10-4-9-27-17-6-8-18(16(12-17)13-22)23-25-20-11-15(3)5-7-19(20)24-25;1-2/h5-8,11-12,23-24H,1,4,9-10H2,2-3H3;1-2H3. The molecule has 0 amide bonds. The molecule has 0 aliphatic rings. The van der Waals surface area contributed by atoms with Crippen LogP contribution in [0.25, 0.3) is 11.0 Å². The number of fused-ring (bicyclic) bond motifs is 1. The normalized spacial score (nSPS) is 9.97. The van der Waals surface area contributed by atoms with E-state index in [0.717, 1.165) is 16.6 Å². The van der Waals surface area contributed by atoms with Crippen LogP contribution in [0.5, 0.6) is 5.75 Å². The van der Waals surface area contributed by atoms with Gasteiger partial charge >= 0.3 is 5.97 Å². The molecule has 1 heterocycles. The SMILES string of the molecule is C=C(C)C(=O)OCCCOc1ccc(Nn2[nH]c3ccc(C)cc32)c(C#N)c1.CC. The smallest absolute Gasteiger partial charge is 0.333 e. The lowest BCUT2D eigenvalue weighted by Gasteiger charge is -2.19. The van der Waals surface area contributed by atoms with Gasteiger partial charge < -0.3 is 9.47 Å². The molecule has 2 aromatic carbocycles. The molecule has 3 aromatic rings. The zero-order valence-electron chi connectivity index (χ0n) is 17.9. The van der Waals surface area contributed by atoms with Gasteiger partial charge in [0.2, 0.25) is 0 Å². The zero-order chi connectivity index (χ0) is 22.1. The first kappa shape index (κ1) is 22.6. The van der Waals surface area contributed by atoms with E-state index in [4.69, 9.17) is 9.47 Å². The summed E-state index contributed by atoms with van der Waals surface area (Å²) in [5.41, 5.74) is 7.91. The van der Waals surface area contributed by atoms with Gasteiger partial charge in [-0.25, -0.2) is 4.79 Å². The predicted molar refractivity (Wildman–Crippen MR) is 118 cm³/mol. The third kappa shape index (κ3) is 5.67. The minimum Gasteiger partial charge on any atom is -0.493 e. The van der Waals surface area contributed by atoms with Crippen molar-refractivity contribution in [2.45, 2.75) is 34.1 Å². The minimum atomic E-state index is -0.404. The largest absolute Gasteiger partial charge is 0.493 e. The highest BCUT2D eigenvalue weighted by molar-refractivity contribution is 5.86. The molecule has 0 aliphatic heterocycles. The van der Waals surface area contributed by atoms with Crippen LogP contribution in [0.2, 0.25) is 0 Å². The Kier molecular flexibility index (Phi) is 8.12. The fraction of sp³-hybridized carbons (Fsp3) is 0.304. The van der Waals surface area contributed by atoms with Gasteiger partial charge in [0.1, 0.15) is 17.3 Å². The molecule has 0 aliphatic carbocycles. The number of carbonyl (C=O) groups is 1. The molecule has 158 valence electrons. The summed E-state index contributed by atoms with van der Waals surface area (Å²) in [6.07, 6.45) is 0.550. The average molecular weight is 409 g/mol. The quantitative estimate of drug-likeness (QED) is 0.313. The number of H-pyrrole nitrogens is 1. The van der Waals surface area contributed by atoms with Crippen molar-refractivity contribution in [1.29, 1.82) is 5.26 Å². The summed E-state index contributed by atoms with van der Waals surface area (Å²) in [6.45, 7) is 11.8. The second-order valence-electron chi connectivity index (χ2n) is 6.52. The van der Waals surface area contributed by atoms with Gasteiger partial charge in [0.15, 0.2) is 0 Å². The second kappa shape index (κ2) is 10.8. The van der Waals surface area contributed by atoms with Gasteiger partial charge in [-0.3, -0.25) is 10.5 Å². The number of aromatic nitrogens is 2. The van der Waals surface area contributed by atoms with Crippen molar-refractivity contribution < 1.29 is 14.3 Å². The molecular weight excluding hydrogens is 380 g/mol. The number of nitriles is 1. The highest BCUT2D eigenvalue weighted by Gasteiger charge is 2.09. The fourth-order valence-electron chi connectivity index (χ4n) is 2.60. The molecule has 7 heteroatoms. The monoisotopic (exact) mass is 408 g/mol. The maximum atomic E-state index is 11.3. The van der Waals surface area contributed by atoms with E-state index in [-0.39, 0.29) is 6.61 Å². The molecular formula is C23H28N4O3. The number of benzene rings is 2. The van der Waals surface area contributed by atoms with E-state index >= 15 is 0 Å². The zero-order valence-corrected chi connectivity index (χ0v) is 17.9. The number of anilines is 1. The van der Waals surface area contributed by atoms with Crippen LogP contribution in [0.15, 0.2) is 48.6 Å². The third-order valence-corrected chi connectivity index (χ3v) is 4.11. The van der Waals surface area contributed by atoms with Crippen molar-refractivity contribution in [3.05, 3.63) is 59.7 Å². The summed E-state index contributed by atoms with van der Waals surface area (Å²) < 4.78 is 10.7. The Labute approximate surface area is 176 Å². The molecule has 2 N–H and O–H groups in total. The number of rotatable bonds is 8. The van der Waals surface area contributed by atoms with Gasteiger partial charge in [0, 0.05) is 18.1 Å². The Hall–Kier alpha value is -3.66. The van der Waals surface area contributed by atoms with Crippen LogP contribution >= 0.6 is 0 Å². The Balaban J connectivity index is 0.00000155. The molecule has 30 heavy (non-hydrogen) atoms. The van der Waals surface area contributed by atoms with E-state index in [1.54, 1.807) is 29.9 Å². The van der Waals surface area contributed by atoms with E-state index in [9.17, 15) is 10.1 Å². The number of aryl methyl sites for hydroxylation is 1. The number of nitrogens with one attached hydrogen (secondary N) is 2. The van der Waals surface area contributed by atoms with Gasteiger partial charge in [-0.1, -0.05) is 26.5 Å². The Bertz CT molecular complexity index is 1060. The van der Waals surface area contributed by atoms with Gasteiger partial charge in [-0.2, -0.15) is 10.1 Å². The molecule has 0 saturated heterocycles. The van der Waals surface area contributed by atoms with Crippen LogP contribution in [0.3, 0.4) is 0 Å². The van der Waals surface area contributed by atoms with Crippen LogP contribution in [0, 0.1) is 18.3 Å². The lowest BCUT2D eigenvalue weighted by Crippen LogP contribution is -2.19. The van der Waals surface area contributed by atoms with Crippen LogP contribution < -0.4 is 10.2 Å². The molecule has 0 saturated carbocycles. The summed E-state index contributed by atoms with van der Waals surface area (Å²) in [5.74, 6) is 0.180. The maximum absolute atomic E-state index is 11.3. The van der Waals surface area contributed by atoms with Crippen molar-refractivity contribution in [2.75, 3.05) is 18.6 Å². The molecule has 0 fully saturated rings. The molecule has 0 unspecified atom stereocenters. The summed E-state index contributed by atoms with van der Waals surface area (Å²) in [7, 11) is 0. The van der Waals surface area contributed by atoms with E-state index in [1.807, 2.05) is 32.9 Å². The lowest BCUT2D eigenvalue weighted by molar-refractivity contribution is -0.139. The second-order valence-corrected chi connectivity index (χ2v) is 6.52. The summed E-state index contributed by atoms with van der Waals surface area (Å²) >= 11 is 0. The van der Waals surface area contributed by atoms with Crippen molar-refractivity contribution in [2.24, 2.45) is 0 Å². The average Bonchev–Trinajstić information content (AvgIpc) is 2.74. The molecule has 3 rings (SSSR count). The number of esters is 1. The van der Waals surface area contributed by atoms with Crippen LogP contribution in [-0.4, -0.2) is 29.1 Å². The number of hydrogen-bond donors (Lipinski definition) is 2. The highest BCUT2D eigenvalue weighted by Crippen LogP contribution is 2.24. The van der Waals surface area contributed by atoms with E-state index < -0.39 is 5.97 Å². The number of carbonyl (C=O) groups excluding carboxylic acids is 1. The van der Waals surface area contributed by atoms with E-state index in [1.165, 1.54) is 0 Å².